The van der Waals surface area contributed by atoms with Gasteiger partial charge in [-0.15, -0.1) is 14.1 Å². The maximum atomic E-state index is 12.5. The predicted molar refractivity (Wildman–Crippen MR) is 141 cm³/mol. The second kappa shape index (κ2) is 9.71. The third kappa shape index (κ3) is 5.63. The number of amides is 1. The summed E-state index contributed by atoms with van der Waals surface area (Å²) >= 11 is 0. The number of nitriles is 1. The van der Waals surface area contributed by atoms with Crippen LogP contribution in [0.2, 0.25) is 25.7 Å². The van der Waals surface area contributed by atoms with Crippen LogP contribution in [0, 0.1) is 11.3 Å². The molecule has 4 heterocycles. The predicted octanol–water partition coefficient (Wildman–Crippen LogP) is 5.07. The molecule has 0 saturated carbocycles. The van der Waals surface area contributed by atoms with Crippen LogP contribution < -0.4 is 0 Å². The van der Waals surface area contributed by atoms with E-state index in [-0.39, 0.29) is 12.5 Å². The second-order valence-corrected chi connectivity index (χ2v) is 17.4. The van der Waals surface area contributed by atoms with E-state index in [2.05, 4.69) is 41.9 Å². The Labute approximate surface area is 213 Å². The Morgan fingerprint density at radius 2 is 2.00 bits per heavy atom. The molecule has 0 aromatic carbocycles. The first-order valence-corrected chi connectivity index (χ1v) is 16.0. The molecule has 193 valence electrons. The Kier molecular flexibility index (Phi) is 6.99. The first-order chi connectivity index (χ1) is 16.9. The Hall–Kier alpha value is -3.16. The molecule has 10 heteroatoms. The molecule has 36 heavy (non-hydrogen) atoms. The molecule has 0 spiro atoms. The lowest BCUT2D eigenvalue weighted by Gasteiger charge is -2.48. The Bertz CT molecular complexity index is 1270. The van der Waals surface area contributed by atoms with Crippen molar-refractivity contribution in [1.29, 1.82) is 5.26 Å². The number of hydrogen-bond acceptors (Lipinski definition) is 6. The van der Waals surface area contributed by atoms with E-state index in [1.54, 1.807) is 11.1 Å². The molecule has 0 atom stereocenters. The van der Waals surface area contributed by atoms with E-state index in [9.17, 15) is 10.1 Å². The molecule has 1 aliphatic heterocycles. The number of hydrogen-bond donors (Lipinski definition) is 0. The normalized spacial score (nSPS) is 15.5. The summed E-state index contributed by atoms with van der Waals surface area (Å²) in [7, 11) is -1.13. The Morgan fingerprint density at radius 3 is 2.67 bits per heavy atom. The highest BCUT2D eigenvalue weighted by molar-refractivity contribution is 6.76. The van der Waals surface area contributed by atoms with E-state index in [1.165, 1.54) is 0 Å². The minimum atomic E-state index is -1.13. The summed E-state index contributed by atoms with van der Waals surface area (Å²) < 4.78 is 15.3. The SMILES string of the molecule is CC(C)(C)OC(=O)N1CC(CC#N)(n2cc(-c3ccnc4c3ccn4COCC[Si-](C)(C)C)cn2)C1. The average Bonchev–Trinajstić information content (AvgIpc) is 3.39. The summed E-state index contributed by atoms with van der Waals surface area (Å²) in [5, 5.41) is 15.1. The molecule has 4 rings (SSSR count). The number of likely N-dealkylation sites (tertiary alicyclic amines) is 1. The van der Waals surface area contributed by atoms with Crippen LogP contribution in [0.15, 0.2) is 36.9 Å². The van der Waals surface area contributed by atoms with Gasteiger partial charge in [0.15, 0.2) is 0 Å². The van der Waals surface area contributed by atoms with Crippen molar-refractivity contribution in [2.75, 3.05) is 19.7 Å². The van der Waals surface area contributed by atoms with Crippen LogP contribution in [-0.4, -0.2) is 63.7 Å². The number of carbonyl (C=O) groups is 1. The van der Waals surface area contributed by atoms with Crippen molar-refractivity contribution in [3.05, 3.63) is 36.9 Å². The lowest BCUT2D eigenvalue weighted by atomic mass is 9.87. The maximum Gasteiger partial charge on any atom is 0.410 e. The Balaban J connectivity index is 1.51. The number of aromatic nitrogens is 4. The van der Waals surface area contributed by atoms with E-state index in [0.717, 1.165) is 34.8 Å². The molecule has 1 fully saturated rings. The fraction of sp³-hybridized carbons (Fsp3) is 0.538. The summed E-state index contributed by atoms with van der Waals surface area (Å²) in [5.41, 5.74) is 1.69. The van der Waals surface area contributed by atoms with Gasteiger partial charge < -0.3 is 18.9 Å². The first-order valence-electron chi connectivity index (χ1n) is 12.3. The van der Waals surface area contributed by atoms with Crippen molar-refractivity contribution < 1.29 is 14.3 Å². The summed E-state index contributed by atoms with van der Waals surface area (Å²) in [5.74, 6) is 0. The van der Waals surface area contributed by atoms with Gasteiger partial charge in [-0.25, -0.2) is 9.78 Å². The fourth-order valence-corrected chi connectivity index (χ4v) is 5.07. The van der Waals surface area contributed by atoms with E-state index in [4.69, 9.17) is 9.47 Å². The lowest BCUT2D eigenvalue weighted by molar-refractivity contribution is -0.0314. The number of pyridine rings is 1. The van der Waals surface area contributed by atoms with Crippen LogP contribution in [0.3, 0.4) is 0 Å². The zero-order valence-electron chi connectivity index (χ0n) is 22.1. The van der Waals surface area contributed by atoms with Gasteiger partial charge >= 0.3 is 6.09 Å². The summed E-state index contributed by atoms with van der Waals surface area (Å²) in [6.07, 6.45) is 7.46. The van der Waals surface area contributed by atoms with Gasteiger partial charge in [-0.1, -0.05) is 0 Å². The van der Waals surface area contributed by atoms with E-state index < -0.39 is 19.2 Å². The van der Waals surface area contributed by atoms with Gasteiger partial charge in [0, 0.05) is 36.1 Å². The van der Waals surface area contributed by atoms with Gasteiger partial charge in [0.1, 0.15) is 23.5 Å². The minimum absolute atomic E-state index is 0.254. The fourth-order valence-electron chi connectivity index (χ4n) is 4.31. The van der Waals surface area contributed by atoms with Crippen molar-refractivity contribution in [3.63, 3.8) is 0 Å². The van der Waals surface area contributed by atoms with Gasteiger partial charge in [0.2, 0.25) is 0 Å². The first kappa shape index (κ1) is 25.9. The van der Waals surface area contributed by atoms with Crippen LogP contribution in [0.5, 0.6) is 0 Å². The molecular weight excluding hydrogens is 472 g/mol. The number of fused-ring (bicyclic) bond motifs is 1. The highest BCUT2D eigenvalue weighted by Crippen LogP contribution is 2.35. The molecule has 3 aromatic rings. The number of ether oxygens (including phenoxy) is 2. The Morgan fingerprint density at radius 1 is 1.25 bits per heavy atom. The minimum Gasteiger partial charge on any atom is -0.444 e. The summed E-state index contributed by atoms with van der Waals surface area (Å²) in [6.45, 7) is 14.5. The molecule has 0 bridgehead atoms. The average molecular weight is 509 g/mol. The molecule has 1 saturated heterocycles. The van der Waals surface area contributed by atoms with Gasteiger partial charge in [0.05, 0.1) is 31.8 Å². The summed E-state index contributed by atoms with van der Waals surface area (Å²) in [4.78, 5) is 18.7. The van der Waals surface area contributed by atoms with Gasteiger partial charge in [0.25, 0.3) is 0 Å². The molecule has 0 unspecified atom stereocenters. The molecule has 1 aliphatic rings. The number of rotatable bonds is 8. The second-order valence-electron chi connectivity index (χ2n) is 11.8. The number of nitrogens with zero attached hydrogens (tertiary/aromatic N) is 6. The van der Waals surface area contributed by atoms with Crippen molar-refractivity contribution >= 4 is 25.2 Å². The quantitative estimate of drug-likeness (QED) is 0.311. The van der Waals surface area contributed by atoms with Crippen molar-refractivity contribution in [2.24, 2.45) is 0 Å². The maximum absolute atomic E-state index is 12.5. The third-order valence-electron chi connectivity index (χ3n) is 6.30. The van der Waals surface area contributed by atoms with E-state index in [1.807, 2.05) is 54.7 Å². The van der Waals surface area contributed by atoms with Crippen molar-refractivity contribution in [3.8, 4) is 17.2 Å². The summed E-state index contributed by atoms with van der Waals surface area (Å²) in [6, 6.07) is 7.42. The molecular formula is C26H36N6O3Si-. The highest BCUT2D eigenvalue weighted by Gasteiger charge is 2.48. The van der Waals surface area contributed by atoms with Gasteiger partial charge in [-0.3, -0.25) is 4.68 Å². The molecule has 0 aliphatic carbocycles. The zero-order chi connectivity index (χ0) is 26.1. The standard InChI is InChI=1S/C26H36N6O3Si/c1-25(2,3)35-24(33)31-17-26(18-31,9-10-27)32-16-20(15-29-32)21-7-11-28-23-22(21)8-12-30(23)19-34-13-14-36(4,5)6/h7-8,11-12,15-16H,9,13-14,17-19H2,1-6H3/q-1. The van der Waals surface area contributed by atoms with Crippen molar-refractivity contribution in [1.82, 2.24) is 24.2 Å². The van der Waals surface area contributed by atoms with Crippen LogP contribution in [0.4, 0.5) is 4.79 Å². The van der Waals surface area contributed by atoms with Crippen LogP contribution in [0.25, 0.3) is 22.2 Å². The third-order valence-corrected chi connectivity index (χ3v) is 8.00. The largest absolute Gasteiger partial charge is 0.444 e. The lowest BCUT2D eigenvalue weighted by Crippen LogP contribution is -2.64. The topological polar surface area (TPSA) is 98.2 Å². The van der Waals surface area contributed by atoms with Crippen LogP contribution >= 0.6 is 0 Å². The van der Waals surface area contributed by atoms with Crippen molar-refractivity contribution in [2.45, 2.75) is 70.7 Å². The molecule has 9 nitrogen and oxygen atoms in total. The van der Waals surface area contributed by atoms with Gasteiger partial charge in [-0.05, 0) is 38.5 Å². The zero-order valence-corrected chi connectivity index (χ0v) is 23.1. The number of carbonyl (C=O) groups excluding carboxylic acids is 1. The highest BCUT2D eigenvalue weighted by atomic mass is 28.3. The monoisotopic (exact) mass is 508 g/mol. The van der Waals surface area contributed by atoms with E-state index >= 15 is 0 Å². The smallest absolute Gasteiger partial charge is 0.410 e. The molecule has 1 amide bonds. The molecule has 3 aromatic heterocycles. The van der Waals surface area contributed by atoms with E-state index in [0.29, 0.717) is 19.8 Å². The molecule has 0 N–H and O–H groups in total. The van der Waals surface area contributed by atoms with Crippen LogP contribution in [0.1, 0.15) is 27.2 Å². The van der Waals surface area contributed by atoms with Gasteiger partial charge in [-0.2, -0.15) is 30.0 Å². The molecule has 0 radical (unpaired) electrons. The van der Waals surface area contributed by atoms with Crippen LogP contribution in [-0.2, 0) is 21.7 Å².